The van der Waals surface area contributed by atoms with Gasteiger partial charge in [-0.2, -0.15) is 0 Å². The third kappa shape index (κ3) is 5.69. The van der Waals surface area contributed by atoms with Crippen LogP contribution < -0.4 is 9.80 Å². The second-order valence-corrected chi connectivity index (χ2v) is 17.0. The van der Waals surface area contributed by atoms with E-state index in [0.717, 1.165) is 77.7 Å². The van der Waals surface area contributed by atoms with Crippen LogP contribution in [-0.2, 0) is 5.41 Å². The molecule has 2 heterocycles. The zero-order valence-corrected chi connectivity index (χ0v) is 35.9. The average Bonchev–Trinajstić information content (AvgIpc) is 4.06. The van der Waals surface area contributed by atoms with Gasteiger partial charge in [-0.15, -0.1) is 0 Å². The lowest BCUT2D eigenvalue weighted by atomic mass is 9.67. The highest BCUT2D eigenvalue weighted by Gasteiger charge is 2.50. The van der Waals surface area contributed by atoms with Gasteiger partial charge in [0.15, 0.2) is 0 Å². The lowest BCUT2D eigenvalue weighted by Gasteiger charge is -2.36. The number of nitrogens with zero attached hydrogens (tertiary/aromatic N) is 2. The third-order valence-electron chi connectivity index (χ3n) is 13.4. The number of hydrogen-bond donors (Lipinski definition) is 0. The summed E-state index contributed by atoms with van der Waals surface area (Å²) in [6.07, 6.45) is 0. The number of furan rings is 2. The van der Waals surface area contributed by atoms with Crippen molar-refractivity contribution in [3.05, 3.63) is 264 Å². The third-order valence-corrected chi connectivity index (χ3v) is 13.4. The van der Waals surface area contributed by atoms with Crippen LogP contribution >= 0.6 is 0 Å². The second kappa shape index (κ2) is 15.2. The van der Waals surface area contributed by atoms with Crippen LogP contribution in [0.15, 0.2) is 239 Å². The lowest BCUT2D eigenvalue weighted by Crippen LogP contribution is -2.29. The van der Waals surface area contributed by atoms with Gasteiger partial charge in [0.1, 0.15) is 34.0 Å². The number of halogens is 2. The molecule has 4 nitrogen and oxygen atoms in total. The van der Waals surface area contributed by atoms with Crippen molar-refractivity contribution in [2.24, 2.45) is 0 Å². The molecule has 0 atom stereocenters. The fourth-order valence-electron chi connectivity index (χ4n) is 10.7. The summed E-state index contributed by atoms with van der Waals surface area (Å²) in [4.78, 5) is 4.03. The molecule has 0 aliphatic heterocycles. The van der Waals surface area contributed by atoms with Crippen LogP contribution in [0, 0.1) is 11.6 Å². The Kier molecular flexibility index (Phi) is 8.77. The highest BCUT2D eigenvalue weighted by molar-refractivity contribution is 6.25. The van der Waals surface area contributed by atoms with Crippen molar-refractivity contribution >= 4 is 78.0 Å². The number of rotatable bonds is 8. The molecular weight excluding hydrogens is 831 g/mol. The van der Waals surface area contributed by atoms with E-state index in [1.54, 1.807) is 12.1 Å². The smallest absolute Gasteiger partial charge is 0.147 e. The second-order valence-electron chi connectivity index (χ2n) is 17.0. The maximum absolute atomic E-state index is 16.6. The first kappa shape index (κ1) is 38.7. The topological polar surface area (TPSA) is 32.8 Å². The predicted octanol–water partition coefficient (Wildman–Crippen LogP) is 17.1. The molecule has 1 aliphatic rings. The SMILES string of the molecule is Fc1ccccc1N(c1ccccc1)c1cc2c(c3oc4ccccc4c13)-c1c(cc(N(c3ccccc3)c3ccccc3F)c3c1oc1ccccc13)C2(c1ccccc1)c1ccccc1. The Morgan fingerprint density at radius 1 is 0.343 bits per heavy atom. The fourth-order valence-corrected chi connectivity index (χ4v) is 10.7. The van der Waals surface area contributed by atoms with Gasteiger partial charge in [-0.3, -0.25) is 0 Å². The molecule has 318 valence electrons. The maximum atomic E-state index is 16.6. The van der Waals surface area contributed by atoms with Crippen molar-refractivity contribution < 1.29 is 17.6 Å². The largest absolute Gasteiger partial charge is 0.455 e. The van der Waals surface area contributed by atoms with Crippen molar-refractivity contribution in [3.63, 3.8) is 0 Å². The molecule has 0 unspecified atom stereocenters. The van der Waals surface area contributed by atoms with Crippen LogP contribution in [-0.4, -0.2) is 0 Å². The van der Waals surface area contributed by atoms with Gasteiger partial charge in [-0.1, -0.05) is 158 Å². The van der Waals surface area contributed by atoms with Gasteiger partial charge in [-0.25, -0.2) is 8.78 Å². The number of para-hydroxylation sites is 6. The molecule has 6 heteroatoms. The molecule has 0 saturated carbocycles. The van der Waals surface area contributed by atoms with E-state index in [4.69, 9.17) is 8.83 Å². The van der Waals surface area contributed by atoms with Crippen molar-refractivity contribution in [3.8, 4) is 11.1 Å². The number of anilines is 6. The van der Waals surface area contributed by atoms with Crippen molar-refractivity contribution in [1.82, 2.24) is 0 Å². The Morgan fingerprint density at radius 2 is 0.687 bits per heavy atom. The van der Waals surface area contributed by atoms with Gasteiger partial charge in [0.05, 0.1) is 38.9 Å². The lowest BCUT2D eigenvalue weighted by molar-refractivity contribution is 0.628. The summed E-state index contributed by atoms with van der Waals surface area (Å²) in [5.41, 5.74) is 11.1. The van der Waals surface area contributed by atoms with Crippen LogP contribution in [0.1, 0.15) is 22.3 Å². The Hall–Kier alpha value is -8.74. The highest BCUT2D eigenvalue weighted by Crippen LogP contribution is 2.64. The molecule has 12 aromatic rings. The van der Waals surface area contributed by atoms with Gasteiger partial charge in [0, 0.05) is 33.3 Å². The Bertz CT molecular complexity index is 3590. The molecule has 0 amide bonds. The van der Waals surface area contributed by atoms with Crippen molar-refractivity contribution in [2.45, 2.75) is 5.41 Å². The fraction of sp³-hybridized carbons (Fsp3) is 0.0164. The van der Waals surface area contributed by atoms with E-state index >= 15 is 8.78 Å². The summed E-state index contributed by atoms with van der Waals surface area (Å²) >= 11 is 0. The summed E-state index contributed by atoms with van der Waals surface area (Å²) in [6.45, 7) is 0. The number of hydrogen-bond acceptors (Lipinski definition) is 4. The molecule has 2 aromatic heterocycles. The van der Waals surface area contributed by atoms with Crippen LogP contribution in [0.4, 0.5) is 42.9 Å². The van der Waals surface area contributed by atoms with Crippen molar-refractivity contribution in [2.75, 3.05) is 9.80 Å². The molecule has 67 heavy (non-hydrogen) atoms. The first-order valence-corrected chi connectivity index (χ1v) is 22.4. The molecule has 1 aliphatic carbocycles. The predicted molar refractivity (Wildman–Crippen MR) is 268 cm³/mol. The Balaban J connectivity index is 1.28. The molecule has 10 aromatic carbocycles. The van der Waals surface area contributed by atoms with Crippen molar-refractivity contribution in [1.29, 1.82) is 0 Å². The van der Waals surface area contributed by atoms with Crippen LogP contribution in [0.25, 0.3) is 55.0 Å². The summed E-state index contributed by atoms with van der Waals surface area (Å²) in [7, 11) is 0. The van der Waals surface area contributed by atoms with Crippen LogP contribution in [0.5, 0.6) is 0 Å². The monoisotopic (exact) mass is 868 g/mol. The molecule has 0 spiro atoms. The minimum absolute atomic E-state index is 0.365. The zero-order chi connectivity index (χ0) is 44.6. The van der Waals surface area contributed by atoms with Crippen LogP contribution in [0.3, 0.4) is 0 Å². The normalized spacial score (nSPS) is 12.7. The van der Waals surface area contributed by atoms with Crippen LogP contribution in [0.2, 0.25) is 0 Å². The minimum Gasteiger partial charge on any atom is -0.455 e. The first-order valence-electron chi connectivity index (χ1n) is 22.4. The maximum Gasteiger partial charge on any atom is 0.147 e. The van der Waals surface area contributed by atoms with Gasteiger partial charge in [0.2, 0.25) is 0 Å². The summed E-state index contributed by atoms with van der Waals surface area (Å²) in [5, 5.41) is 3.43. The summed E-state index contributed by atoms with van der Waals surface area (Å²) in [6, 6.07) is 75.4. The zero-order valence-electron chi connectivity index (χ0n) is 35.9. The van der Waals surface area contributed by atoms with E-state index in [2.05, 4.69) is 72.8 Å². The molecule has 0 fully saturated rings. The Labute approximate surface area is 384 Å². The van der Waals surface area contributed by atoms with E-state index in [9.17, 15) is 0 Å². The number of fused-ring (bicyclic) bond motifs is 11. The van der Waals surface area contributed by atoms with Gasteiger partial charge in [-0.05, 0) is 95.1 Å². The molecule has 0 saturated heterocycles. The quantitative estimate of drug-likeness (QED) is 0.152. The first-order chi connectivity index (χ1) is 33.1. The van der Waals surface area contributed by atoms with E-state index in [0.29, 0.717) is 33.7 Å². The average molecular weight is 869 g/mol. The summed E-state index contributed by atoms with van der Waals surface area (Å²) in [5.74, 6) is -0.729. The Morgan fingerprint density at radius 3 is 1.09 bits per heavy atom. The highest BCUT2D eigenvalue weighted by atomic mass is 19.1. The van der Waals surface area contributed by atoms with E-state index < -0.39 is 5.41 Å². The summed E-state index contributed by atoms with van der Waals surface area (Å²) < 4.78 is 47.7. The van der Waals surface area contributed by atoms with E-state index in [1.165, 1.54) is 12.1 Å². The molecule has 0 N–H and O–H groups in total. The standard InChI is InChI=1S/C61H38F2N2O2/c62-47-31-15-17-33-49(47)64(41-25-9-3-10-26-41)51-37-45-57(59-55(51)43-29-13-19-35-53(43)66-59)58-46(61(45,39-21-5-1-6-22-39)40-23-7-2-8-24-40)38-52(56-44-30-14-20-36-54(44)67-60(56)58)65(42-27-11-4-12-28-42)50-34-18-16-32-48(50)63/h1-38H. The van der Waals surface area contributed by atoms with Gasteiger partial charge in [0.25, 0.3) is 0 Å². The van der Waals surface area contributed by atoms with Gasteiger partial charge < -0.3 is 18.6 Å². The van der Waals surface area contributed by atoms with Gasteiger partial charge >= 0.3 is 0 Å². The molecule has 0 bridgehead atoms. The molecule has 0 radical (unpaired) electrons. The molecular formula is C61H38F2N2O2. The molecule has 13 rings (SSSR count). The minimum atomic E-state index is -1.04. The van der Waals surface area contributed by atoms with E-state index in [-0.39, 0.29) is 11.6 Å². The van der Waals surface area contributed by atoms with E-state index in [1.807, 2.05) is 143 Å². The number of benzene rings is 10.